The molecule has 0 heterocycles. The molecule has 0 spiro atoms. The number of hydrogen-bond acceptors (Lipinski definition) is 5. The topological polar surface area (TPSA) is 96.0 Å². The van der Waals surface area contributed by atoms with Crippen molar-refractivity contribution in [2.75, 3.05) is 24.2 Å². The van der Waals surface area contributed by atoms with E-state index in [-0.39, 0.29) is 18.5 Å². The Morgan fingerprint density at radius 1 is 0.973 bits per heavy atom. The summed E-state index contributed by atoms with van der Waals surface area (Å²) < 4.78 is 32.2. The molecule has 3 aromatic carbocycles. The second-order valence-corrected chi connectivity index (χ2v) is 11.0. The quantitative estimate of drug-likeness (QED) is 0.409. The Balaban J connectivity index is 1.98. The highest BCUT2D eigenvalue weighted by Gasteiger charge is 2.31. The van der Waals surface area contributed by atoms with Gasteiger partial charge in [0.15, 0.2) is 0 Å². The summed E-state index contributed by atoms with van der Waals surface area (Å²) in [4.78, 5) is 28.2. The standard InChI is InChI=1S/C28H35N3O5S/c1-6-20(2)29-28(33)21(3)30(18-22-14-16-24(36-4)17-15-22)27(32)19-31(37(5,34)35)26-13-9-11-23-10-7-8-12-25(23)26/h7-17,20-21H,6,18-19H2,1-5H3,(H,29,33)/t20-,21-/m1/s1. The number of carbonyl (C=O) groups is 2. The number of ether oxygens (including phenoxy) is 1. The molecule has 198 valence electrons. The van der Waals surface area contributed by atoms with Crippen molar-refractivity contribution in [3.8, 4) is 5.75 Å². The van der Waals surface area contributed by atoms with Crippen LogP contribution in [0.25, 0.3) is 10.8 Å². The molecule has 0 aliphatic rings. The molecule has 0 unspecified atom stereocenters. The lowest BCUT2D eigenvalue weighted by molar-refractivity contribution is -0.139. The van der Waals surface area contributed by atoms with E-state index in [1.807, 2.05) is 56.3 Å². The van der Waals surface area contributed by atoms with Crippen molar-refractivity contribution in [1.82, 2.24) is 10.2 Å². The average Bonchev–Trinajstić information content (AvgIpc) is 2.89. The minimum atomic E-state index is -3.82. The number of anilines is 1. The summed E-state index contributed by atoms with van der Waals surface area (Å²) in [5.74, 6) is -0.114. The van der Waals surface area contributed by atoms with Gasteiger partial charge in [-0.3, -0.25) is 13.9 Å². The Kier molecular flexibility index (Phi) is 9.15. The molecule has 37 heavy (non-hydrogen) atoms. The van der Waals surface area contributed by atoms with Gasteiger partial charge in [-0.1, -0.05) is 55.5 Å². The number of amides is 2. The number of nitrogens with zero attached hydrogens (tertiary/aromatic N) is 2. The highest BCUT2D eigenvalue weighted by Crippen LogP contribution is 2.28. The molecular weight excluding hydrogens is 490 g/mol. The zero-order valence-electron chi connectivity index (χ0n) is 22.0. The van der Waals surface area contributed by atoms with E-state index in [2.05, 4.69) is 5.32 Å². The SMILES string of the molecule is CC[C@@H](C)NC(=O)[C@@H](C)N(Cc1ccc(OC)cc1)C(=O)CN(c1cccc2ccccc12)S(C)(=O)=O. The molecule has 2 atom stereocenters. The van der Waals surface area contributed by atoms with Crippen LogP contribution in [0.15, 0.2) is 66.7 Å². The lowest BCUT2D eigenvalue weighted by Crippen LogP contribution is -2.52. The monoisotopic (exact) mass is 525 g/mol. The lowest BCUT2D eigenvalue weighted by atomic mass is 10.1. The molecule has 0 aliphatic carbocycles. The molecule has 0 fully saturated rings. The number of rotatable bonds is 11. The summed E-state index contributed by atoms with van der Waals surface area (Å²) in [6, 6.07) is 19.1. The fraction of sp³-hybridized carbons (Fsp3) is 0.357. The first kappa shape index (κ1) is 28.0. The van der Waals surface area contributed by atoms with Crippen LogP contribution in [-0.2, 0) is 26.2 Å². The first-order valence-electron chi connectivity index (χ1n) is 12.2. The minimum Gasteiger partial charge on any atom is -0.497 e. The van der Waals surface area contributed by atoms with Crippen molar-refractivity contribution in [2.45, 2.75) is 45.8 Å². The molecular formula is C28H35N3O5S. The molecule has 3 rings (SSSR count). The predicted octanol–water partition coefficient (Wildman–Crippen LogP) is 3.95. The number of benzene rings is 3. The first-order chi connectivity index (χ1) is 17.5. The molecule has 3 aromatic rings. The number of methoxy groups -OCH3 is 1. The molecule has 0 radical (unpaired) electrons. The first-order valence-corrected chi connectivity index (χ1v) is 14.1. The van der Waals surface area contributed by atoms with E-state index in [9.17, 15) is 18.0 Å². The van der Waals surface area contributed by atoms with Crippen LogP contribution < -0.4 is 14.4 Å². The van der Waals surface area contributed by atoms with E-state index in [0.29, 0.717) is 16.8 Å². The van der Waals surface area contributed by atoms with Gasteiger partial charge >= 0.3 is 0 Å². The molecule has 1 N–H and O–H groups in total. The largest absolute Gasteiger partial charge is 0.497 e. The number of hydrogen-bond donors (Lipinski definition) is 1. The zero-order chi connectivity index (χ0) is 27.2. The zero-order valence-corrected chi connectivity index (χ0v) is 22.8. The predicted molar refractivity (Wildman–Crippen MR) is 147 cm³/mol. The van der Waals surface area contributed by atoms with Gasteiger partial charge in [0.1, 0.15) is 18.3 Å². The van der Waals surface area contributed by atoms with Crippen molar-refractivity contribution in [3.63, 3.8) is 0 Å². The smallest absolute Gasteiger partial charge is 0.244 e. The number of sulfonamides is 1. The third-order valence-electron chi connectivity index (χ3n) is 6.39. The second kappa shape index (κ2) is 12.1. The molecule has 0 bridgehead atoms. The van der Waals surface area contributed by atoms with Gasteiger partial charge in [-0.15, -0.1) is 0 Å². The fourth-order valence-corrected chi connectivity index (χ4v) is 4.86. The molecule has 0 aliphatic heterocycles. The van der Waals surface area contributed by atoms with Crippen molar-refractivity contribution < 1.29 is 22.7 Å². The maximum absolute atomic E-state index is 13.8. The van der Waals surface area contributed by atoms with Gasteiger partial charge in [-0.05, 0) is 49.4 Å². The molecule has 0 saturated carbocycles. The van der Waals surface area contributed by atoms with Crippen molar-refractivity contribution in [2.24, 2.45) is 0 Å². The van der Waals surface area contributed by atoms with Gasteiger partial charge in [0.2, 0.25) is 21.8 Å². The van der Waals surface area contributed by atoms with Crippen LogP contribution in [0, 0.1) is 0 Å². The Hall–Kier alpha value is -3.59. The summed E-state index contributed by atoms with van der Waals surface area (Å²) in [5, 5.41) is 4.50. The van der Waals surface area contributed by atoms with E-state index in [4.69, 9.17) is 4.74 Å². The Bertz CT molecular complexity index is 1340. The van der Waals surface area contributed by atoms with E-state index in [1.165, 1.54) is 4.90 Å². The summed E-state index contributed by atoms with van der Waals surface area (Å²) in [6.45, 7) is 5.20. The van der Waals surface area contributed by atoms with Crippen LogP contribution in [-0.4, -0.2) is 57.1 Å². The van der Waals surface area contributed by atoms with Gasteiger partial charge < -0.3 is 15.0 Å². The maximum Gasteiger partial charge on any atom is 0.244 e. The van der Waals surface area contributed by atoms with E-state index >= 15 is 0 Å². The summed E-state index contributed by atoms with van der Waals surface area (Å²) >= 11 is 0. The van der Waals surface area contributed by atoms with Crippen molar-refractivity contribution in [1.29, 1.82) is 0 Å². The fourth-order valence-electron chi connectivity index (χ4n) is 4.00. The van der Waals surface area contributed by atoms with Crippen LogP contribution in [0.5, 0.6) is 5.75 Å². The van der Waals surface area contributed by atoms with E-state index in [1.54, 1.807) is 38.3 Å². The summed E-state index contributed by atoms with van der Waals surface area (Å²) in [5.41, 5.74) is 1.20. The minimum absolute atomic E-state index is 0.0592. The Labute approximate surface area is 219 Å². The van der Waals surface area contributed by atoms with Gasteiger partial charge in [-0.2, -0.15) is 0 Å². The molecule has 8 nitrogen and oxygen atoms in total. The van der Waals surface area contributed by atoms with Gasteiger partial charge in [0.25, 0.3) is 0 Å². The van der Waals surface area contributed by atoms with Crippen molar-refractivity contribution >= 4 is 38.3 Å². The van der Waals surface area contributed by atoms with Crippen LogP contribution in [0.2, 0.25) is 0 Å². The van der Waals surface area contributed by atoms with Crippen LogP contribution >= 0.6 is 0 Å². The van der Waals surface area contributed by atoms with E-state index < -0.39 is 28.5 Å². The summed E-state index contributed by atoms with van der Waals surface area (Å²) in [7, 11) is -2.25. The van der Waals surface area contributed by atoms with Gasteiger partial charge in [-0.25, -0.2) is 8.42 Å². The average molecular weight is 526 g/mol. The highest BCUT2D eigenvalue weighted by atomic mass is 32.2. The third-order valence-corrected chi connectivity index (χ3v) is 7.52. The Morgan fingerprint density at radius 2 is 1.62 bits per heavy atom. The lowest BCUT2D eigenvalue weighted by Gasteiger charge is -2.32. The Morgan fingerprint density at radius 3 is 2.24 bits per heavy atom. The van der Waals surface area contributed by atoms with E-state index in [0.717, 1.165) is 27.9 Å². The number of fused-ring (bicyclic) bond motifs is 1. The number of carbonyl (C=O) groups excluding carboxylic acids is 2. The molecule has 2 amide bonds. The maximum atomic E-state index is 13.8. The van der Waals surface area contributed by atoms with Gasteiger partial charge in [0.05, 0.1) is 19.1 Å². The van der Waals surface area contributed by atoms with Gasteiger partial charge in [0, 0.05) is 18.0 Å². The molecule has 9 heteroatoms. The van der Waals surface area contributed by atoms with Crippen LogP contribution in [0.4, 0.5) is 5.69 Å². The van der Waals surface area contributed by atoms with Crippen LogP contribution in [0.3, 0.4) is 0 Å². The summed E-state index contributed by atoms with van der Waals surface area (Å²) in [6.07, 6.45) is 1.82. The number of nitrogens with one attached hydrogen (secondary N) is 1. The van der Waals surface area contributed by atoms with Crippen LogP contribution in [0.1, 0.15) is 32.8 Å². The normalized spacial score (nSPS) is 13.0. The molecule has 0 aromatic heterocycles. The molecule has 0 saturated heterocycles. The third kappa shape index (κ3) is 7.01. The van der Waals surface area contributed by atoms with Crippen molar-refractivity contribution in [3.05, 3.63) is 72.3 Å². The second-order valence-electron chi connectivity index (χ2n) is 9.13. The highest BCUT2D eigenvalue weighted by molar-refractivity contribution is 7.92.